The van der Waals surface area contributed by atoms with Crippen LogP contribution >= 0.6 is 0 Å². The van der Waals surface area contributed by atoms with Crippen LogP contribution in [0.15, 0.2) is 41.1 Å². The molecule has 0 saturated heterocycles. The van der Waals surface area contributed by atoms with Crippen LogP contribution in [0.2, 0.25) is 0 Å². The van der Waals surface area contributed by atoms with E-state index in [1.165, 1.54) is 0 Å². The molecule has 3 heterocycles. The lowest BCUT2D eigenvalue weighted by molar-refractivity contribution is -0.130. The van der Waals surface area contributed by atoms with Crippen LogP contribution in [0.25, 0.3) is 11.3 Å². The third kappa shape index (κ3) is 7.90. The molecule has 10 heteroatoms. The van der Waals surface area contributed by atoms with E-state index in [0.29, 0.717) is 48.6 Å². The Hall–Kier alpha value is -3.79. The Kier molecular flexibility index (Phi) is 10.5. The second-order valence-corrected chi connectivity index (χ2v) is 15.7. The van der Waals surface area contributed by atoms with Gasteiger partial charge in [0.1, 0.15) is 23.5 Å². The lowest BCUT2D eigenvalue weighted by Gasteiger charge is -2.39. The van der Waals surface area contributed by atoms with Gasteiger partial charge >= 0.3 is 0 Å². The molecule has 4 aliphatic carbocycles. The van der Waals surface area contributed by atoms with Crippen LogP contribution in [0.4, 0.5) is 5.82 Å². The summed E-state index contributed by atoms with van der Waals surface area (Å²) in [5, 5.41) is 3.23. The molecular formula is C40H54N6O4. The Morgan fingerprint density at radius 2 is 1.62 bits per heavy atom. The van der Waals surface area contributed by atoms with Gasteiger partial charge in [0, 0.05) is 60.3 Å². The summed E-state index contributed by atoms with van der Waals surface area (Å²) in [6.45, 7) is 3.38. The number of anilines is 1. The summed E-state index contributed by atoms with van der Waals surface area (Å²) in [4.78, 5) is 45.8. The van der Waals surface area contributed by atoms with Crippen LogP contribution in [-0.4, -0.2) is 72.0 Å². The number of hydrogen-bond acceptors (Lipinski definition) is 8. The summed E-state index contributed by atoms with van der Waals surface area (Å²) in [5.41, 5.74) is 3.80. The van der Waals surface area contributed by atoms with E-state index in [0.717, 1.165) is 111 Å². The van der Waals surface area contributed by atoms with Gasteiger partial charge in [0.05, 0.1) is 12.8 Å². The summed E-state index contributed by atoms with van der Waals surface area (Å²) < 4.78 is 11.2. The standard InChI is InChI=1S/C40H54N6O4/c1-25-36(49-4)16-15-34(43-25)28-9-7-27(8-10-28)23-46(37-21-31(17-18-41-37)35-24-50-39(44-35)29-13-14-29)40(48)30-11-5-26(6-12-30)22-42-38(47)32-19-33(20-32)45(2)3/h15-18,21,24,26-30,32-33H,5-14,19-20,22-23H2,1-4H3,(H,42,47)/t26-,27-,28-,30-,32?,33?. The fourth-order valence-corrected chi connectivity index (χ4v) is 8.32. The van der Waals surface area contributed by atoms with Crippen LogP contribution in [0.5, 0.6) is 5.75 Å². The van der Waals surface area contributed by atoms with Gasteiger partial charge in [-0.1, -0.05) is 0 Å². The number of carbonyl (C=O) groups excluding carboxylic acids is 2. The highest BCUT2D eigenvalue weighted by Crippen LogP contribution is 2.41. The van der Waals surface area contributed by atoms with E-state index in [1.54, 1.807) is 19.6 Å². The maximum Gasteiger partial charge on any atom is 0.231 e. The lowest BCUT2D eigenvalue weighted by Crippen LogP contribution is -2.48. The molecule has 2 amide bonds. The summed E-state index contributed by atoms with van der Waals surface area (Å²) >= 11 is 0. The number of carbonyl (C=O) groups is 2. The van der Waals surface area contributed by atoms with Crippen molar-refractivity contribution >= 4 is 17.6 Å². The number of rotatable bonds is 12. The molecule has 1 N–H and O–H groups in total. The highest BCUT2D eigenvalue weighted by Gasteiger charge is 2.37. The molecule has 0 unspecified atom stereocenters. The SMILES string of the molecule is COc1ccc([C@H]2CC[C@H](CN(c3cc(-c4coc(C5CC5)n4)ccn3)C(=O)[C@H]3CC[C@H](CNC(=O)C4CC(N(C)C)C4)CC3)CC2)nc1C. The fourth-order valence-electron chi connectivity index (χ4n) is 8.32. The molecule has 3 aromatic rings. The van der Waals surface area contributed by atoms with Crippen molar-refractivity contribution in [2.45, 2.75) is 102 Å². The first-order valence-corrected chi connectivity index (χ1v) is 18.9. The highest BCUT2D eigenvalue weighted by molar-refractivity contribution is 5.94. The molecule has 0 aliphatic heterocycles. The van der Waals surface area contributed by atoms with Crippen LogP contribution < -0.4 is 15.0 Å². The Balaban J connectivity index is 1.00. The maximum atomic E-state index is 14.5. The van der Waals surface area contributed by atoms with Gasteiger partial charge in [-0.3, -0.25) is 19.5 Å². The van der Waals surface area contributed by atoms with Crippen molar-refractivity contribution < 1.29 is 18.7 Å². The van der Waals surface area contributed by atoms with E-state index in [-0.39, 0.29) is 23.7 Å². The highest BCUT2D eigenvalue weighted by atomic mass is 16.5. The van der Waals surface area contributed by atoms with Crippen LogP contribution in [0.1, 0.15) is 106 Å². The quantitative estimate of drug-likeness (QED) is 0.220. The van der Waals surface area contributed by atoms with Crippen molar-refractivity contribution in [3.63, 3.8) is 0 Å². The monoisotopic (exact) mass is 682 g/mol. The first-order valence-electron chi connectivity index (χ1n) is 18.9. The number of aromatic nitrogens is 3. The summed E-state index contributed by atoms with van der Waals surface area (Å²) in [6.07, 6.45) is 15.5. The third-order valence-corrected chi connectivity index (χ3v) is 12.0. The second kappa shape index (κ2) is 15.2. The molecule has 0 atom stereocenters. The molecule has 10 nitrogen and oxygen atoms in total. The van der Waals surface area contributed by atoms with Crippen molar-refractivity contribution in [1.82, 2.24) is 25.2 Å². The minimum Gasteiger partial charge on any atom is -0.495 e. The average molecular weight is 683 g/mol. The number of ether oxygens (including phenoxy) is 1. The Morgan fingerprint density at radius 1 is 0.900 bits per heavy atom. The first kappa shape index (κ1) is 34.6. The van der Waals surface area contributed by atoms with E-state index in [4.69, 9.17) is 24.1 Å². The molecule has 0 radical (unpaired) electrons. The zero-order valence-corrected chi connectivity index (χ0v) is 30.3. The van der Waals surface area contributed by atoms with Gasteiger partial charge in [0.2, 0.25) is 11.8 Å². The molecule has 4 aliphatic rings. The summed E-state index contributed by atoms with van der Waals surface area (Å²) in [7, 11) is 5.85. The number of aryl methyl sites for hydroxylation is 1. The predicted molar refractivity (Wildman–Crippen MR) is 193 cm³/mol. The van der Waals surface area contributed by atoms with Gasteiger partial charge in [-0.15, -0.1) is 0 Å². The second-order valence-electron chi connectivity index (χ2n) is 15.7. The molecule has 0 bridgehead atoms. The normalized spacial score (nSPS) is 26.7. The molecule has 0 aromatic carbocycles. The van der Waals surface area contributed by atoms with Crippen LogP contribution in [0, 0.1) is 30.6 Å². The molecule has 0 spiro atoms. The van der Waals surface area contributed by atoms with Crippen molar-refractivity contribution in [2.24, 2.45) is 23.7 Å². The van der Waals surface area contributed by atoms with Gasteiger partial charge in [-0.05, 0) is 134 Å². The van der Waals surface area contributed by atoms with Gasteiger partial charge in [0.15, 0.2) is 5.89 Å². The number of hydrogen-bond donors (Lipinski definition) is 1. The molecule has 4 fully saturated rings. The van der Waals surface area contributed by atoms with Crippen LogP contribution in [-0.2, 0) is 9.59 Å². The zero-order chi connectivity index (χ0) is 34.8. The molecule has 4 saturated carbocycles. The van der Waals surface area contributed by atoms with Gasteiger partial charge in [-0.25, -0.2) is 9.97 Å². The number of nitrogens with zero attached hydrogens (tertiary/aromatic N) is 5. The van der Waals surface area contributed by atoms with E-state index in [1.807, 2.05) is 30.0 Å². The van der Waals surface area contributed by atoms with Gasteiger partial charge < -0.3 is 19.4 Å². The predicted octanol–water partition coefficient (Wildman–Crippen LogP) is 6.90. The molecule has 268 valence electrons. The van der Waals surface area contributed by atoms with E-state index in [2.05, 4.69) is 30.4 Å². The third-order valence-electron chi connectivity index (χ3n) is 12.0. The average Bonchev–Trinajstić information content (AvgIpc) is 3.84. The molecule has 50 heavy (non-hydrogen) atoms. The minimum absolute atomic E-state index is 0.0452. The van der Waals surface area contributed by atoms with Gasteiger partial charge in [0.25, 0.3) is 0 Å². The van der Waals surface area contributed by atoms with E-state index in [9.17, 15) is 9.59 Å². The lowest BCUT2D eigenvalue weighted by atomic mass is 9.78. The fraction of sp³-hybridized carbons (Fsp3) is 0.625. The number of pyridine rings is 2. The Bertz CT molecular complexity index is 1630. The number of methoxy groups -OCH3 is 1. The number of nitrogens with one attached hydrogen (secondary N) is 1. The topological polar surface area (TPSA) is 114 Å². The Labute approximate surface area is 296 Å². The summed E-state index contributed by atoms with van der Waals surface area (Å²) in [5.74, 6) is 4.46. The maximum absolute atomic E-state index is 14.5. The number of amides is 2. The van der Waals surface area contributed by atoms with Crippen LogP contribution in [0.3, 0.4) is 0 Å². The van der Waals surface area contributed by atoms with Gasteiger partial charge in [-0.2, -0.15) is 0 Å². The summed E-state index contributed by atoms with van der Waals surface area (Å²) in [6, 6.07) is 8.63. The minimum atomic E-state index is -0.0452. The van der Waals surface area contributed by atoms with Crippen molar-refractivity contribution in [3.05, 3.63) is 54.0 Å². The molecular weight excluding hydrogens is 628 g/mol. The van der Waals surface area contributed by atoms with Crippen molar-refractivity contribution in [1.29, 1.82) is 0 Å². The van der Waals surface area contributed by atoms with Crippen molar-refractivity contribution in [3.8, 4) is 17.0 Å². The molecule has 3 aromatic heterocycles. The zero-order valence-electron chi connectivity index (χ0n) is 30.3. The largest absolute Gasteiger partial charge is 0.495 e. The van der Waals surface area contributed by atoms with E-state index >= 15 is 0 Å². The Morgan fingerprint density at radius 3 is 2.30 bits per heavy atom. The van der Waals surface area contributed by atoms with E-state index < -0.39 is 0 Å². The molecule has 7 rings (SSSR count). The smallest absolute Gasteiger partial charge is 0.231 e. The van der Waals surface area contributed by atoms with Crippen molar-refractivity contribution in [2.75, 3.05) is 39.2 Å². The number of oxazole rings is 1. The first-order chi connectivity index (χ1) is 24.2.